The van der Waals surface area contributed by atoms with Crippen LogP contribution in [0.5, 0.6) is 11.5 Å². The van der Waals surface area contributed by atoms with E-state index in [9.17, 15) is 9.59 Å². The van der Waals surface area contributed by atoms with Crippen LogP contribution >= 0.6 is 0 Å². The number of amides is 1. The molecule has 0 aliphatic carbocycles. The fourth-order valence-electron chi connectivity index (χ4n) is 2.84. The SMILES string of the molecule is COCCNC(=O)c1ccc(Nc2c(Oc3ccc(C)c(C)c3)cnn(C)c2=O)cc1. The number of aryl methyl sites for hydroxylation is 3. The molecule has 0 bridgehead atoms. The molecular weight excluding hydrogens is 396 g/mol. The maximum Gasteiger partial charge on any atom is 0.294 e. The van der Waals surface area contributed by atoms with Crippen LogP contribution in [0.25, 0.3) is 0 Å². The molecule has 3 rings (SSSR count). The molecule has 0 aliphatic heterocycles. The van der Waals surface area contributed by atoms with Crippen LogP contribution in [0.15, 0.2) is 53.5 Å². The number of carbonyl (C=O) groups excluding carboxylic acids is 1. The van der Waals surface area contributed by atoms with Crippen LogP contribution in [0.2, 0.25) is 0 Å². The molecule has 0 saturated carbocycles. The zero-order chi connectivity index (χ0) is 22.4. The van der Waals surface area contributed by atoms with Crippen molar-refractivity contribution >= 4 is 17.3 Å². The van der Waals surface area contributed by atoms with Crippen LogP contribution in [0.3, 0.4) is 0 Å². The highest BCUT2D eigenvalue weighted by atomic mass is 16.5. The highest BCUT2D eigenvalue weighted by Gasteiger charge is 2.14. The number of aromatic nitrogens is 2. The Morgan fingerprint density at radius 1 is 1.10 bits per heavy atom. The average Bonchev–Trinajstić information content (AvgIpc) is 2.76. The van der Waals surface area contributed by atoms with Crippen molar-refractivity contribution in [3.63, 3.8) is 0 Å². The number of benzene rings is 2. The summed E-state index contributed by atoms with van der Waals surface area (Å²) in [5, 5.41) is 9.93. The van der Waals surface area contributed by atoms with Gasteiger partial charge in [0.25, 0.3) is 11.5 Å². The molecule has 0 unspecified atom stereocenters. The standard InChI is InChI=1S/C23H26N4O4/c1-15-5-10-19(13-16(15)2)31-20-14-25-27(3)23(29)21(20)26-18-8-6-17(7-9-18)22(28)24-11-12-30-4/h5-10,13-14,26H,11-12H2,1-4H3,(H,24,28). The fourth-order valence-corrected chi connectivity index (χ4v) is 2.84. The summed E-state index contributed by atoms with van der Waals surface area (Å²) in [7, 11) is 3.15. The van der Waals surface area contributed by atoms with Crippen molar-refractivity contribution in [1.29, 1.82) is 0 Å². The van der Waals surface area contributed by atoms with Crippen molar-refractivity contribution in [1.82, 2.24) is 15.1 Å². The van der Waals surface area contributed by atoms with Crippen molar-refractivity contribution < 1.29 is 14.3 Å². The molecule has 0 saturated heterocycles. The van der Waals surface area contributed by atoms with E-state index < -0.39 is 0 Å². The molecule has 0 radical (unpaired) electrons. The quantitative estimate of drug-likeness (QED) is 0.541. The van der Waals surface area contributed by atoms with Crippen LogP contribution in [0.4, 0.5) is 11.4 Å². The molecule has 0 spiro atoms. The van der Waals surface area contributed by atoms with E-state index in [0.29, 0.717) is 35.9 Å². The topological polar surface area (TPSA) is 94.5 Å². The van der Waals surface area contributed by atoms with E-state index in [1.807, 2.05) is 32.0 Å². The third kappa shape index (κ3) is 5.49. The Kier molecular flexibility index (Phi) is 7.04. The zero-order valence-electron chi connectivity index (χ0n) is 18.1. The summed E-state index contributed by atoms with van der Waals surface area (Å²) in [6, 6.07) is 12.5. The average molecular weight is 422 g/mol. The molecule has 2 N–H and O–H groups in total. The minimum absolute atomic E-state index is 0.192. The second kappa shape index (κ2) is 9.90. The number of carbonyl (C=O) groups is 1. The van der Waals surface area contributed by atoms with Gasteiger partial charge in [-0.15, -0.1) is 0 Å². The van der Waals surface area contributed by atoms with E-state index in [1.54, 1.807) is 38.4 Å². The summed E-state index contributed by atoms with van der Waals surface area (Å²) < 4.78 is 12.1. The maximum atomic E-state index is 12.7. The highest BCUT2D eigenvalue weighted by molar-refractivity contribution is 5.94. The molecule has 2 aromatic carbocycles. The lowest BCUT2D eigenvalue weighted by atomic mass is 10.1. The monoisotopic (exact) mass is 422 g/mol. The first-order valence-corrected chi connectivity index (χ1v) is 9.84. The Morgan fingerprint density at radius 2 is 1.84 bits per heavy atom. The van der Waals surface area contributed by atoms with Gasteiger partial charge in [0.1, 0.15) is 5.75 Å². The number of ether oxygens (including phenoxy) is 2. The van der Waals surface area contributed by atoms with Crippen LogP contribution in [-0.2, 0) is 11.8 Å². The van der Waals surface area contributed by atoms with Crippen molar-refractivity contribution in [3.8, 4) is 11.5 Å². The molecule has 0 atom stereocenters. The molecule has 0 aliphatic rings. The van der Waals surface area contributed by atoms with Crippen molar-refractivity contribution in [3.05, 3.63) is 75.7 Å². The van der Waals surface area contributed by atoms with Crippen molar-refractivity contribution in [2.24, 2.45) is 7.05 Å². The zero-order valence-corrected chi connectivity index (χ0v) is 18.1. The van der Waals surface area contributed by atoms with E-state index in [1.165, 1.54) is 10.9 Å². The van der Waals surface area contributed by atoms with Gasteiger partial charge in [-0.2, -0.15) is 5.10 Å². The van der Waals surface area contributed by atoms with Crippen molar-refractivity contribution in [2.75, 3.05) is 25.6 Å². The van der Waals surface area contributed by atoms with Gasteiger partial charge >= 0.3 is 0 Å². The van der Waals surface area contributed by atoms with Gasteiger partial charge in [-0.05, 0) is 61.4 Å². The predicted molar refractivity (Wildman–Crippen MR) is 119 cm³/mol. The van der Waals surface area contributed by atoms with Gasteiger partial charge in [0.15, 0.2) is 11.4 Å². The fraction of sp³-hybridized carbons (Fsp3) is 0.261. The van der Waals surface area contributed by atoms with Gasteiger partial charge in [0.05, 0.1) is 12.8 Å². The number of nitrogens with zero attached hydrogens (tertiary/aromatic N) is 2. The highest BCUT2D eigenvalue weighted by Crippen LogP contribution is 2.29. The van der Waals surface area contributed by atoms with Crippen LogP contribution in [0, 0.1) is 13.8 Å². The summed E-state index contributed by atoms with van der Waals surface area (Å²) in [4.78, 5) is 24.8. The molecule has 1 heterocycles. The number of rotatable bonds is 8. The summed E-state index contributed by atoms with van der Waals surface area (Å²) in [6.07, 6.45) is 1.50. The lowest BCUT2D eigenvalue weighted by Crippen LogP contribution is -2.26. The van der Waals surface area contributed by atoms with E-state index in [2.05, 4.69) is 15.7 Å². The Bertz CT molecular complexity index is 1120. The Labute approximate surface area is 180 Å². The Balaban J connectivity index is 1.82. The summed E-state index contributed by atoms with van der Waals surface area (Å²) in [5.41, 5.74) is 3.32. The van der Waals surface area contributed by atoms with Gasteiger partial charge in [-0.1, -0.05) is 6.07 Å². The third-order valence-electron chi connectivity index (χ3n) is 4.82. The molecule has 1 aromatic heterocycles. The number of hydrogen-bond acceptors (Lipinski definition) is 6. The Hall–Kier alpha value is -3.65. The van der Waals surface area contributed by atoms with Crippen LogP contribution < -0.4 is 20.9 Å². The van der Waals surface area contributed by atoms with Crippen molar-refractivity contribution in [2.45, 2.75) is 13.8 Å². The summed E-state index contributed by atoms with van der Waals surface area (Å²) >= 11 is 0. The Morgan fingerprint density at radius 3 is 2.52 bits per heavy atom. The number of hydrogen-bond donors (Lipinski definition) is 2. The smallest absolute Gasteiger partial charge is 0.294 e. The second-order valence-electron chi connectivity index (χ2n) is 7.11. The molecule has 8 heteroatoms. The maximum absolute atomic E-state index is 12.7. The first-order valence-electron chi connectivity index (χ1n) is 9.84. The van der Waals surface area contributed by atoms with Crippen LogP contribution in [-0.4, -0.2) is 35.9 Å². The third-order valence-corrected chi connectivity index (χ3v) is 4.82. The van der Waals surface area contributed by atoms with E-state index >= 15 is 0 Å². The molecule has 31 heavy (non-hydrogen) atoms. The minimum atomic E-state index is -0.331. The molecule has 3 aromatic rings. The largest absolute Gasteiger partial charge is 0.453 e. The number of anilines is 2. The van der Waals surface area contributed by atoms with Crippen LogP contribution in [0.1, 0.15) is 21.5 Å². The van der Waals surface area contributed by atoms with E-state index in [4.69, 9.17) is 9.47 Å². The van der Waals surface area contributed by atoms with Gasteiger partial charge in [-0.25, -0.2) is 4.68 Å². The van der Waals surface area contributed by atoms with Gasteiger partial charge in [0.2, 0.25) is 0 Å². The van der Waals surface area contributed by atoms with Gasteiger partial charge in [0, 0.05) is 32.0 Å². The molecule has 162 valence electrons. The van der Waals surface area contributed by atoms with E-state index in [-0.39, 0.29) is 17.2 Å². The molecule has 0 fully saturated rings. The normalized spacial score (nSPS) is 10.6. The van der Waals surface area contributed by atoms with Gasteiger partial charge < -0.3 is 20.1 Å². The lowest BCUT2D eigenvalue weighted by molar-refractivity contribution is 0.0937. The molecular formula is C23H26N4O4. The summed E-state index contributed by atoms with van der Waals surface area (Å²) in [5.74, 6) is 0.735. The minimum Gasteiger partial charge on any atom is -0.453 e. The summed E-state index contributed by atoms with van der Waals surface area (Å²) in [6.45, 7) is 4.89. The molecule has 1 amide bonds. The second-order valence-corrected chi connectivity index (χ2v) is 7.11. The molecule has 8 nitrogen and oxygen atoms in total. The van der Waals surface area contributed by atoms with Gasteiger partial charge in [-0.3, -0.25) is 9.59 Å². The number of nitrogens with one attached hydrogen (secondary N) is 2. The van der Waals surface area contributed by atoms with E-state index in [0.717, 1.165) is 11.1 Å². The predicted octanol–water partition coefficient (Wildman–Crippen LogP) is 3.31. The number of methoxy groups -OCH3 is 1. The lowest BCUT2D eigenvalue weighted by Gasteiger charge is -2.14. The first kappa shape index (κ1) is 22.0. The first-order chi connectivity index (χ1) is 14.9.